The number of rotatable bonds is 5. The third kappa shape index (κ3) is 4.34. The van der Waals surface area contributed by atoms with Crippen LogP contribution in [-0.4, -0.2) is 14.7 Å². The molecule has 0 fully saturated rings. The van der Waals surface area contributed by atoms with Crippen molar-refractivity contribution in [2.24, 2.45) is 0 Å². The van der Waals surface area contributed by atoms with E-state index < -0.39 is 9.84 Å². The maximum absolute atomic E-state index is 11.3. The quantitative estimate of drug-likeness (QED) is 0.923. The van der Waals surface area contributed by atoms with Gasteiger partial charge in [-0.1, -0.05) is 35.9 Å². The van der Waals surface area contributed by atoms with E-state index in [0.29, 0.717) is 11.4 Å². The molecule has 0 aliphatic rings. The van der Waals surface area contributed by atoms with Crippen LogP contribution < -0.4 is 5.32 Å². The number of benzene rings is 2. The lowest BCUT2D eigenvalue weighted by molar-refractivity contribution is 0.602. The molecule has 0 radical (unpaired) electrons. The molecule has 2 aromatic rings. The van der Waals surface area contributed by atoms with Crippen LogP contribution in [0.3, 0.4) is 0 Å². The molecule has 0 unspecified atom stereocenters. The molecular weight excluding hydrogens is 294 g/mol. The summed E-state index contributed by atoms with van der Waals surface area (Å²) < 4.78 is 22.7. The van der Waals surface area contributed by atoms with Crippen molar-refractivity contribution >= 4 is 21.4 Å². The Morgan fingerprint density at radius 1 is 0.900 bits per heavy atom. The second-order valence-corrected chi connectivity index (χ2v) is 7.10. The first-order valence-corrected chi connectivity index (χ1v) is 8.46. The van der Waals surface area contributed by atoms with E-state index in [4.69, 9.17) is 11.6 Å². The first kappa shape index (κ1) is 15.0. The molecule has 3 nitrogen and oxygen atoms in total. The molecule has 0 aromatic heterocycles. The van der Waals surface area contributed by atoms with Gasteiger partial charge in [0.2, 0.25) is 0 Å². The molecule has 106 valence electrons. The fraction of sp³-hybridized carbons (Fsp3) is 0.200. The van der Waals surface area contributed by atoms with E-state index in [1.165, 1.54) is 6.26 Å². The Balaban J connectivity index is 1.90. The highest BCUT2D eigenvalue weighted by Gasteiger charge is 2.05. The molecule has 0 saturated heterocycles. The van der Waals surface area contributed by atoms with Crippen LogP contribution >= 0.6 is 11.6 Å². The number of halogens is 1. The van der Waals surface area contributed by atoms with Crippen LogP contribution in [0.2, 0.25) is 5.02 Å². The van der Waals surface area contributed by atoms with Crippen molar-refractivity contribution in [2.45, 2.75) is 18.0 Å². The zero-order chi connectivity index (χ0) is 14.6. The van der Waals surface area contributed by atoms with E-state index in [2.05, 4.69) is 5.32 Å². The Hall–Kier alpha value is -1.36. The fourth-order valence-corrected chi connectivity index (χ4v) is 2.56. The van der Waals surface area contributed by atoms with Crippen LogP contribution in [-0.2, 0) is 22.9 Å². The third-order valence-electron chi connectivity index (χ3n) is 2.92. The first-order valence-electron chi connectivity index (χ1n) is 6.19. The summed E-state index contributed by atoms with van der Waals surface area (Å²) in [5, 5.41) is 4.03. The van der Waals surface area contributed by atoms with Crippen molar-refractivity contribution in [3.63, 3.8) is 0 Å². The number of hydrogen-bond acceptors (Lipinski definition) is 3. The summed E-state index contributed by atoms with van der Waals surface area (Å²) >= 11 is 5.82. The molecule has 0 bridgehead atoms. The Kier molecular flexibility index (Phi) is 4.81. The van der Waals surface area contributed by atoms with E-state index >= 15 is 0 Å². The van der Waals surface area contributed by atoms with E-state index in [0.717, 1.165) is 22.7 Å². The summed E-state index contributed by atoms with van der Waals surface area (Å²) in [5.41, 5.74) is 2.20. The van der Waals surface area contributed by atoms with Crippen molar-refractivity contribution in [1.29, 1.82) is 0 Å². The summed E-state index contributed by atoms with van der Waals surface area (Å²) in [6, 6.07) is 14.6. The fourth-order valence-electron chi connectivity index (χ4n) is 1.81. The molecule has 0 spiro atoms. The van der Waals surface area contributed by atoms with Gasteiger partial charge in [-0.2, -0.15) is 0 Å². The molecule has 2 aromatic carbocycles. The predicted molar refractivity (Wildman–Crippen MR) is 81.5 cm³/mol. The average Bonchev–Trinajstić information content (AvgIpc) is 2.41. The van der Waals surface area contributed by atoms with Gasteiger partial charge < -0.3 is 5.32 Å². The van der Waals surface area contributed by atoms with E-state index in [9.17, 15) is 8.42 Å². The van der Waals surface area contributed by atoms with Crippen molar-refractivity contribution in [1.82, 2.24) is 5.32 Å². The van der Waals surface area contributed by atoms with Crippen molar-refractivity contribution < 1.29 is 8.42 Å². The molecule has 20 heavy (non-hydrogen) atoms. The summed E-state index contributed by atoms with van der Waals surface area (Å²) in [4.78, 5) is 0.346. The van der Waals surface area contributed by atoms with Crippen LogP contribution in [0.1, 0.15) is 11.1 Å². The topological polar surface area (TPSA) is 46.2 Å². The molecule has 0 heterocycles. The van der Waals surface area contributed by atoms with E-state index in [-0.39, 0.29) is 0 Å². The molecule has 5 heteroatoms. The summed E-state index contributed by atoms with van der Waals surface area (Å²) in [6.45, 7) is 1.43. The molecule has 0 aliphatic carbocycles. The highest BCUT2D eigenvalue weighted by Crippen LogP contribution is 2.11. The monoisotopic (exact) mass is 309 g/mol. The lowest BCUT2D eigenvalue weighted by Crippen LogP contribution is -2.12. The van der Waals surface area contributed by atoms with Crippen LogP contribution in [0.4, 0.5) is 0 Å². The van der Waals surface area contributed by atoms with Gasteiger partial charge in [0.1, 0.15) is 0 Å². The zero-order valence-electron chi connectivity index (χ0n) is 11.1. The van der Waals surface area contributed by atoms with E-state index in [1.54, 1.807) is 12.1 Å². The second-order valence-electron chi connectivity index (χ2n) is 4.65. The van der Waals surface area contributed by atoms with Gasteiger partial charge in [0.15, 0.2) is 9.84 Å². The number of hydrogen-bond donors (Lipinski definition) is 1. The smallest absolute Gasteiger partial charge is 0.175 e. The van der Waals surface area contributed by atoms with Crippen molar-refractivity contribution in [3.05, 3.63) is 64.7 Å². The second kappa shape index (κ2) is 6.39. The minimum atomic E-state index is -3.12. The van der Waals surface area contributed by atoms with E-state index in [1.807, 2.05) is 36.4 Å². The third-order valence-corrected chi connectivity index (χ3v) is 4.30. The molecule has 0 aliphatic heterocycles. The molecular formula is C15H16ClNO2S. The molecule has 2 rings (SSSR count). The van der Waals surface area contributed by atoms with Crippen molar-refractivity contribution in [2.75, 3.05) is 6.26 Å². The normalized spacial score (nSPS) is 11.5. The average molecular weight is 310 g/mol. The lowest BCUT2D eigenvalue weighted by atomic mass is 10.2. The van der Waals surface area contributed by atoms with Gasteiger partial charge in [0.05, 0.1) is 4.90 Å². The number of sulfone groups is 1. The van der Waals surface area contributed by atoms with Gasteiger partial charge in [-0.05, 0) is 35.4 Å². The largest absolute Gasteiger partial charge is 0.309 e. The Bertz CT molecular complexity index is 664. The SMILES string of the molecule is CS(=O)(=O)c1ccc(CNCc2ccc(Cl)cc2)cc1. The molecule has 0 amide bonds. The standard InChI is InChI=1S/C15H16ClNO2S/c1-20(18,19)15-8-4-13(5-9-15)11-17-10-12-2-6-14(16)7-3-12/h2-9,17H,10-11H2,1H3. The van der Waals surface area contributed by atoms with Gasteiger partial charge in [-0.15, -0.1) is 0 Å². The minimum absolute atomic E-state index is 0.346. The zero-order valence-corrected chi connectivity index (χ0v) is 12.7. The first-order chi connectivity index (χ1) is 9.45. The highest BCUT2D eigenvalue weighted by molar-refractivity contribution is 7.90. The van der Waals surface area contributed by atoms with Gasteiger partial charge in [-0.3, -0.25) is 0 Å². The Labute approximate surface area is 124 Å². The molecule has 0 atom stereocenters. The van der Waals surface area contributed by atoms with Gasteiger partial charge in [-0.25, -0.2) is 8.42 Å². The highest BCUT2D eigenvalue weighted by atomic mass is 35.5. The Morgan fingerprint density at radius 2 is 1.35 bits per heavy atom. The van der Waals surface area contributed by atoms with Gasteiger partial charge in [0, 0.05) is 24.4 Å². The summed E-state index contributed by atoms with van der Waals surface area (Å²) in [7, 11) is -3.12. The van der Waals surface area contributed by atoms with Crippen LogP contribution in [0.5, 0.6) is 0 Å². The van der Waals surface area contributed by atoms with Gasteiger partial charge in [0.25, 0.3) is 0 Å². The minimum Gasteiger partial charge on any atom is -0.309 e. The number of nitrogens with one attached hydrogen (secondary N) is 1. The summed E-state index contributed by atoms with van der Waals surface area (Å²) in [6.07, 6.45) is 1.21. The molecule has 1 N–H and O–H groups in total. The maximum Gasteiger partial charge on any atom is 0.175 e. The summed E-state index contributed by atoms with van der Waals surface area (Å²) in [5.74, 6) is 0. The van der Waals surface area contributed by atoms with Crippen LogP contribution in [0.25, 0.3) is 0 Å². The Morgan fingerprint density at radius 3 is 1.80 bits per heavy atom. The lowest BCUT2D eigenvalue weighted by Gasteiger charge is -2.06. The maximum atomic E-state index is 11.3. The van der Waals surface area contributed by atoms with Gasteiger partial charge >= 0.3 is 0 Å². The molecule has 0 saturated carbocycles. The van der Waals surface area contributed by atoms with Crippen LogP contribution in [0.15, 0.2) is 53.4 Å². The van der Waals surface area contributed by atoms with Crippen molar-refractivity contribution in [3.8, 4) is 0 Å². The van der Waals surface area contributed by atoms with Crippen LogP contribution in [0, 0.1) is 0 Å². The predicted octanol–water partition coefficient (Wildman–Crippen LogP) is 3.03.